The fourth-order valence-corrected chi connectivity index (χ4v) is 5.24. The molecule has 2 saturated heterocycles. The number of amides is 1. The van der Waals surface area contributed by atoms with Gasteiger partial charge in [0.2, 0.25) is 5.91 Å². The van der Waals surface area contributed by atoms with Crippen LogP contribution >= 0.6 is 11.8 Å². The fourth-order valence-electron chi connectivity index (χ4n) is 2.56. The molecule has 1 unspecified atom stereocenters. The molecule has 2 heterocycles. The maximum absolute atomic E-state index is 11.8. The van der Waals surface area contributed by atoms with E-state index in [0.29, 0.717) is 17.4 Å². The summed E-state index contributed by atoms with van der Waals surface area (Å²) >= 11 is 1.69. The van der Waals surface area contributed by atoms with Crippen LogP contribution in [0.4, 0.5) is 0 Å². The van der Waals surface area contributed by atoms with Crippen molar-refractivity contribution in [2.24, 2.45) is 0 Å². The maximum Gasteiger partial charge on any atom is 0.230 e. The summed E-state index contributed by atoms with van der Waals surface area (Å²) < 4.78 is 23.0. The number of sulfone groups is 1. The molecule has 2 fully saturated rings. The third-order valence-electron chi connectivity index (χ3n) is 3.56. The molecule has 19 heavy (non-hydrogen) atoms. The predicted molar refractivity (Wildman–Crippen MR) is 78.2 cm³/mol. The van der Waals surface area contributed by atoms with Crippen LogP contribution in [0.1, 0.15) is 25.7 Å². The van der Waals surface area contributed by atoms with E-state index in [1.165, 1.54) is 0 Å². The monoisotopic (exact) mass is 306 g/mol. The van der Waals surface area contributed by atoms with Crippen LogP contribution in [-0.4, -0.2) is 56.0 Å². The van der Waals surface area contributed by atoms with Gasteiger partial charge in [0.1, 0.15) is 0 Å². The number of piperidine rings is 1. The van der Waals surface area contributed by atoms with Gasteiger partial charge in [0.05, 0.1) is 17.3 Å². The molecule has 2 aliphatic rings. The van der Waals surface area contributed by atoms with Crippen LogP contribution in [0.2, 0.25) is 0 Å². The van der Waals surface area contributed by atoms with Crippen molar-refractivity contribution < 1.29 is 13.2 Å². The van der Waals surface area contributed by atoms with Crippen molar-refractivity contribution in [3.05, 3.63) is 0 Å². The first-order chi connectivity index (χ1) is 9.05. The van der Waals surface area contributed by atoms with E-state index in [4.69, 9.17) is 0 Å². The SMILES string of the molecule is O=C(CSC1CCNCC1)NC1CCCS(=O)(=O)C1. The molecule has 0 aromatic carbocycles. The summed E-state index contributed by atoms with van der Waals surface area (Å²) in [6, 6.07) is -0.181. The van der Waals surface area contributed by atoms with Crippen molar-refractivity contribution in [1.29, 1.82) is 0 Å². The molecule has 5 nitrogen and oxygen atoms in total. The second-order valence-electron chi connectivity index (χ2n) is 5.28. The van der Waals surface area contributed by atoms with Crippen LogP contribution in [0.15, 0.2) is 0 Å². The summed E-state index contributed by atoms with van der Waals surface area (Å²) in [7, 11) is -2.94. The lowest BCUT2D eigenvalue weighted by Crippen LogP contribution is -2.44. The third kappa shape index (κ3) is 5.31. The number of hydrogen-bond acceptors (Lipinski definition) is 5. The Morgan fingerprint density at radius 2 is 2.00 bits per heavy atom. The smallest absolute Gasteiger partial charge is 0.230 e. The van der Waals surface area contributed by atoms with Crippen LogP contribution in [0, 0.1) is 0 Å². The van der Waals surface area contributed by atoms with Crippen LogP contribution in [0.25, 0.3) is 0 Å². The van der Waals surface area contributed by atoms with Gasteiger partial charge in [0.15, 0.2) is 9.84 Å². The predicted octanol–water partition coefficient (Wildman–Crippen LogP) is 0.165. The highest BCUT2D eigenvalue weighted by Crippen LogP contribution is 2.20. The Balaban J connectivity index is 1.69. The van der Waals surface area contributed by atoms with E-state index in [9.17, 15) is 13.2 Å². The summed E-state index contributed by atoms with van der Waals surface area (Å²) in [6.07, 6.45) is 3.66. The average molecular weight is 306 g/mol. The molecule has 0 radical (unpaired) electrons. The quantitative estimate of drug-likeness (QED) is 0.774. The van der Waals surface area contributed by atoms with Gasteiger partial charge in [-0.3, -0.25) is 4.79 Å². The van der Waals surface area contributed by atoms with E-state index in [1.54, 1.807) is 11.8 Å². The lowest BCUT2D eigenvalue weighted by molar-refractivity contribution is -0.119. The lowest BCUT2D eigenvalue weighted by Gasteiger charge is -2.24. The van der Waals surface area contributed by atoms with Gasteiger partial charge in [-0.2, -0.15) is 0 Å². The lowest BCUT2D eigenvalue weighted by atomic mass is 10.2. The van der Waals surface area contributed by atoms with E-state index in [2.05, 4.69) is 10.6 Å². The molecule has 2 rings (SSSR count). The van der Waals surface area contributed by atoms with Crippen LogP contribution in [0.5, 0.6) is 0 Å². The van der Waals surface area contributed by atoms with Crippen LogP contribution < -0.4 is 10.6 Å². The van der Waals surface area contributed by atoms with Crippen molar-refractivity contribution >= 4 is 27.5 Å². The molecule has 1 atom stereocenters. The summed E-state index contributed by atoms with van der Waals surface area (Å²) in [5.74, 6) is 0.798. The highest BCUT2D eigenvalue weighted by Gasteiger charge is 2.26. The molecule has 0 bridgehead atoms. The Bertz CT molecular complexity index is 405. The van der Waals surface area contributed by atoms with Crippen molar-refractivity contribution in [3.63, 3.8) is 0 Å². The second-order valence-corrected chi connectivity index (χ2v) is 8.80. The maximum atomic E-state index is 11.8. The zero-order valence-electron chi connectivity index (χ0n) is 11.1. The largest absolute Gasteiger partial charge is 0.352 e. The van der Waals surface area contributed by atoms with Crippen LogP contribution in [0.3, 0.4) is 0 Å². The Hall–Kier alpha value is -0.270. The number of carbonyl (C=O) groups excluding carboxylic acids is 1. The first kappa shape index (κ1) is 15.1. The third-order valence-corrected chi connectivity index (χ3v) is 6.76. The molecule has 1 amide bonds. The standard InChI is InChI=1S/C12H22N2O3S2/c15-12(8-18-11-3-5-13-6-4-11)14-10-2-1-7-19(16,17)9-10/h10-11,13H,1-9H2,(H,14,15). The zero-order valence-corrected chi connectivity index (χ0v) is 12.7. The van der Waals surface area contributed by atoms with Gasteiger partial charge in [-0.1, -0.05) is 0 Å². The Labute approximate surface area is 119 Å². The zero-order chi connectivity index (χ0) is 13.7. The van der Waals surface area contributed by atoms with Gasteiger partial charge in [-0.25, -0.2) is 8.42 Å². The molecule has 110 valence electrons. The molecule has 0 aromatic rings. The minimum Gasteiger partial charge on any atom is -0.352 e. The fraction of sp³-hybridized carbons (Fsp3) is 0.917. The van der Waals surface area contributed by atoms with Gasteiger partial charge in [0, 0.05) is 11.3 Å². The minimum absolute atomic E-state index is 0.0226. The van der Waals surface area contributed by atoms with E-state index in [-0.39, 0.29) is 23.5 Å². The average Bonchev–Trinajstić information content (AvgIpc) is 2.36. The van der Waals surface area contributed by atoms with Gasteiger partial charge in [-0.05, 0) is 38.8 Å². The van der Waals surface area contributed by atoms with Crippen LogP contribution in [-0.2, 0) is 14.6 Å². The first-order valence-electron chi connectivity index (χ1n) is 6.87. The first-order valence-corrected chi connectivity index (χ1v) is 9.74. The minimum atomic E-state index is -2.94. The van der Waals surface area contributed by atoms with Gasteiger partial charge in [0.25, 0.3) is 0 Å². The molecule has 0 aromatic heterocycles. The van der Waals surface area contributed by atoms with E-state index in [0.717, 1.165) is 32.4 Å². The number of nitrogens with one attached hydrogen (secondary N) is 2. The second kappa shape index (κ2) is 6.95. The molecular weight excluding hydrogens is 284 g/mol. The summed E-state index contributed by atoms with van der Waals surface area (Å²) in [4.78, 5) is 11.8. The normalized spacial score (nSPS) is 27.9. The van der Waals surface area contributed by atoms with Crippen molar-refractivity contribution in [2.45, 2.75) is 37.0 Å². The molecule has 7 heteroatoms. The number of rotatable bonds is 4. The van der Waals surface area contributed by atoms with Crippen molar-refractivity contribution in [2.75, 3.05) is 30.3 Å². The Morgan fingerprint density at radius 1 is 1.26 bits per heavy atom. The van der Waals surface area contributed by atoms with Gasteiger partial charge >= 0.3 is 0 Å². The number of hydrogen-bond donors (Lipinski definition) is 2. The van der Waals surface area contributed by atoms with Crippen molar-refractivity contribution in [1.82, 2.24) is 10.6 Å². The summed E-state index contributed by atoms with van der Waals surface area (Å²) in [6.45, 7) is 2.06. The van der Waals surface area contributed by atoms with Gasteiger partial charge < -0.3 is 10.6 Å². The van der Waals surface area contributed by atoms with E-state index >= 15 is 0 Å². The highest BCUT2D eigenvalue weighted by molar-refractivity contribution is 8.00. The summed E-state index contributed by atoms with van der Waals surface area (Å²) in [5.41, 5.74) is 0. The van der Waals surface area contributed by atoms with Crippen molar-refractivity contribution in [3.8, 4) is 0 Å². The Kier molecular flexibility index (Phi) is 5.53. The summed E-state index contributed by atoms with van der Waals surface area (Å²) in [5, 5.41) is 6.71. The molecule has 2 aliphatic heterocycles. The topological polar surface area (TPSA) is 75.3 Å². The highest BCUT2D eigenvalue weighted by atomic mass is 32.2. The molecule has 2 N–H and O–H groups in total. The molecule has 0 saturated carbocycles. The number of carbonyl (C=O) groups is 1. The van der Waals surface area contributed by atoms with E-state index < -0.39 is 9.84 Å². The molecule has 0 aliphatic carbocycles. The van der Waals surface area contributed by atoms with E-state index in [1.807, 2.05) is 0 Å². The number of thioether (sulfide) groups is 1. The Morgan fingerprint density at radius 3 is 2.68 bits per heavy atom. The van der Waals surface area contributed by atoms with Gasteiger partial charge in [-0.15, -0.1) is 11.8 Å². The molecular formula is C12H22N2O3S2. The molecule has 0 spiro atoms.